The van der Waals surface area contributed by atoms with Gasteiger partial charge in [0.15, 0.2) is 0 Å². The molecule has 3 rings (SSSR count). The van der Waals surface area contributed by atoms with E-state index in [2.05, 4.69) is 18.3 Å². The Kier molecular flexibility index (Phi) is 5.66. The quantitative estimate of drug-likeness (QED) is 0.779. The fraction of sp³-hybridized carbons (Fsp3) is 0.850. The normalized spacial score (nSPS) is 36.2. The number of nitrogens with zero attached hydrogens (tertiary/aromatic N) is 2. The number of nitrogens with one attached hydrogen (secondary N) is 1. The van der Waals surface area contributed by atoms with Crippen molar-refractivity contribution in [2.45, 2.75) is 83.2 Å². The van der Waals surface area contributed by atoms with Crippen molar-refractivity contribution in [1.82, 2.24) is 10.2 Å². The predicted molar refractivity (Wildman–Crippen MR) is 95.4 cm³/mol. The molecule has 1 N–H and O–H groups in total. The molecule has 4 atom stereocenters. The van der Waals surface area contributed by atoms with E-state index in [1.807, 2.05) is 4.90 Å². The standard InChI is InChI=1S/C20H31N3O2/c1-20(17-8-4-5-9-18(17)22-14-24)11-16(12-21)23(13-20)19(25)10-15-6-2-3-7-15/h14-18H,2-11,13H2,1H3,(H,22,24)/t16?,17?,18?,20-/m1/s1. The van der Waals surface area contributed by atoms with Crippen molar-refractivity contribution < 1.29 is 9.59 Å². The second-order valence-electron chi connectivity index (χ2n) is 8.66. The lowest BCUT2D eigenvalue weighted by atomic mass is 9.66. The number of rotatable bonds is 5. The Bertz CT molecular complexity index is 538. The summed E-state index contributed by atoms with van der Waals surface area (Å²) in [7, 11) is 0. The van der Waals surface area contributed by atoms with Crippen LogP contribution in [0.15, 0.2) is 0 Å². The highest BCUT2D eigenvalue weighted by Crippen LogP contribution is 2.47. The van der Waals surface area contributed by atoms with Crippen LogP contribution in [0.2, 0.25) is 0 Å². The van der Waals surface area contributed by atoms with Crippen LogP contribution < -0.4 is 5.32 Å². The van der Waals surface area contributed by atoms with Gasteiger partial charge in [-0.2, -0.15) is 5.26 Å². The van der Waals surface area contributed by atoms with Gasteiger partial charge in [0.1, 0.15) is 6.04 Å². The highest BCUT2D eigenvalue weighted by Gasteiger charge is 2.50. The van der Waals surface area contributed by atoms with Gasteiger partial charge in [-0.15, -0.1) is 0 Å². The first-order valence-electron chi connectivity index (χ1n) is 9.96. The minimum atomic E-state index is -0.308. The molecule has 3 fully saturated rings. The van der Waals surface area contributed by atoms with E-state index in [0.717, 1.165) is 44.9 Å². The second-order valence-corrected chi connectivity index (χ2v) is 8.66. The van der Waals surface area contributed by atoms with Gasteiger partial charge in [0.25, 0.3) is 0 Å². The first-order chi connectivity index (χ1) is 12.1. The van der Waals surface area contributed by atoms with Crippen molar-refractivity contribution in [2.75, 3.05) is 6.54 Å². The Hall–Kier alpha value is -1.57. The molecule has 3 unspecified atom stereocenters. The summed E-state index contributed by atoms with van der Waals surface area (Å²) in [6, 6.07) is 2.25. The van der Waals surface area contributed by atoms with Gasteiger partial charge in [0.05, 0.1) is 6.07 Å². The Morgan fingerprint density at radius 3 is 2.60 bits per heavy atom. The molecule has 5 nitrogen and oxygen atoms in total. The van der Waals surface area contributed by atoms with Crippen LogP contribution in [-0.4, -0.2) is 35.8 Å². The van der Waals surface area contributed by atoms with Gasteiger partial charge in [-0.1, -0.05) is 32.6 Å². The fourth-order valence-corrected chi connectivity index (χ4v) is 5.59. The lowest BCUT2D eigenvalue weighted by Gasteiger charge is -2.42. The van der Waals surface area contributed by atoms with Crippen LogP contribution in [0.4, 0.5) is 0 Å². The summed E-state index contributed by atoms with van der Waals surface area (Å²) in [6.07, 6.45) is 11.3. The molecule has 25 heavy (non-hydrogen) atoms. The van der Waals surface area contributed by atoms with Crippen LogP contribution in [0.1, 0.15) is 71.1 Å². The van der Waals surface area contributed by atoms with Gasteiger partial charge in [0.2, 0.25) is 12.3 Å². The van der Waals surface area contributed by atoms with Crippen molar-refractivity contribution in [3.63, 3.8) is 0 Å². The maximum Gasteiger partial charge on any atom is 0.223 e. The fourth-order valence-electron chi connectivity index (χ4n) is 5.59. The lowest BCUT2D eigenvalue weighted by Crippen LogP contribution is -2.47. The van der Waals surface area contributed by atoms with Crippen molar-refractivity contribution in [3.05, 3.63) is 0 Å². The zero-order chi connectivity index (χ0) is 17.9. The average molecular weight is 345 g/mol. The van der Waals surface area contributed by atoms with E-state index in [-0.39, 0.29) is 23.4 Å². The van der Waals surface area contributed by atoms with E-state index in [4.69, 9.17) is 0 Å². The summed E-state index contributed by atoms with van der Waals surface area (Å²) in [4.78, 5) is 25.7. The van der Waals surface area contributed by atoms with Crippen molar-refractivity contribution in [1.29, 1.82) is 5.26 Å². The van der Waals surface area contributed by atoms with Gasteiger partial charge in [-0.3, -0.25) is 9.59 Å². The molecule has 0 aromatic rings. The number of likely N-dealkylation sites (tertiary alicyclic amines) is 1. The smallest absolute Gasteiger partial charge is 0.223 e. The monoisotopic (exact) mass is 345 g/mol. The average Bonchev–Trinajstić information content (AvgIpc) is 3.23. The minimum Gasteiger partial charge on any atom is -0.356 e. The zero-order valence-corrected chi connectivity index (χ0v) is 15.4. The highest BCUT2D eigenvalue weighted by molar-refractivity contribution is 5.77. The van der Waals surface area contributed by atoms with Gasteiger partial charge < -0.3 is 10.2 Å². The Balaban J connectivity index is 1.71. The van der Waals surface area contributed by atoms with E-state index >= 15 is 0 Å². The molecule has 0 radical (unpaired) electrons. The zero-order valence-electron chi connectivity index (χ0n) is 15.4. The summed E-state index contributed by atoms with van der Waals surface area (Å²) in [5.74, 6) is 1.03. The predicted octanol–water partition coefficient (Wildman–Crippen LogP) is 3.00. The molecule has 0 aromatic carbocycles. The molecule has 5 heteroatoms. The van der Waals surface area contributed by atoms with Crippen LogP contribution in [0.5, 0.6) is 0 Å². The summed E-state index contributed by atoms with van der Waals surface area (Å²) in [5, 5.41) is 12.6. The number of hydrogen-bond donors (Lipinski definition) is 1. The summed E-state index contributed by atoms with van der Waals surface area (Å²) in [5.41, 5.74) is -0.0766. The third-order valence-corrected chi connectivity index (χ3v) is 6.92. The van der Waals surface area contributed by atoms with Crippen LogP contribution >= 0.6 is 0 Å². The number of hydrogen-bond acceptors (Lipinski definition) is 3. The molecule has 0 bridgehead atoms. The lowest BCUT2D eigenvalue weighted by molar-refractivity contribution is -0.132. The maximum atomic E-state index is 12.9. The molecule has 0 spiro atoms. The topological polar surface area (TPSA) is 73.2 Å². The number of carbonyl (C=O) groups is 2. The second kappa shape index (κ2) is 7.76. The van der Waals surface area contributed by atoms with Gasteiger partial charge in [-0.25, -0.2) is 0 Å². The van der Waals surface area contributed by atoms with Crippen molar-refractivity contribution >= 4 is 12.3 Å². The number of nitriles is 1. The van der Waals surface area contributed by atoms with Crippen LogP contribution in [0, 0.1) is 28.6 Å². The Morgan fingerprint density at radius 1 is 1.24 bits per heavy atom. The molecule has 2 aliphatic carbocycles. The van der Waals surface area contributed by atoms with Crippen LogP contribution in [0.25, 0.3) is 0 Å². The molecule has 2 saturated carbocycles. The van der Waals surface area contributed by atoms with E-state index in [1.54, 1.807) is 0 Å². The summed E-state index contributed by atoms with van der Waals surface area (Å²) >= 11 is 0. The van der Waals surface area contributed by atoms with E-state index in [1.165, 1.54) is 19.3 Å². The van der Waals surface area contributed by atoms with Crippen molar-refractivity contribution in [3.8, 4) is 6.07 Å². The van der Waals surface area contributed by atoms with E-state index < -0.39 is 0 Å². The van der Waals surface area contributed by atoms with Crippen LogP contribution in [0.3, 0.4) is 0 Å². The largest absolute Gasteiger partial charge is 0.356 e. The first kappa shape index (κ1) is 18.2. The third kappa shape index (κ3) is 3.83. The molecule has 1 saturated heterocycles. The summed E-state index contributed by atoms with van der Waals surface area (Å²) < 4.78 is 0. The maximum absolute atomic E-state index is 12.9. The van der Waals surface area contributed by atoms with Crippen molar-refractivity contribution in [2.24, 2.45) is 17.3 Å². The number of amides is 2. The molecular weight excluding hydrogens is 314 g/mol. The summed E-state index contributed by atoms with van der Waals surface area (Å²) in [6.45, 7) is 2.88. The van der Waals surface area contributed by atoms with E-state index in [0.29, 0.717) is 24.8 Å². The molecule has 1 heterocycles. The molecule has 0 aromatic heterocycles. The highest BCUT2D eigenvalue weighted by atomic mass is 16.2. The van der Waals surface area contributed by atoms with Gasteiger partial charge in [-0.05, 0) is 49.4 Å². The molecule has 3 aliphatic rings. The van der Waals surface area contributed by atoms with Crippen LogP contribution in [-0.2, 0) is 9.59 Å². The Morgan fingerprint density at radius 2 is 1.92 bits per heavy atom. The Labute approximate surface area is 151 Å². The van der Waals surface area contributed by atoms with Gasteiger partial charge in [0, 0.05) is 19.0 Å². The molecule has 138 valence electrons. The molecular formula is C20H31N3O2. The molecule has 2 amide bonds. The van der Waals surface area contributed by atoms with Gasteiger partial charge >= 0.3 is 0 Å². The minimum absolute atomic E-state index is 0.0766. The number of carbonyl (C=O) groups excluding carboxylic acids is 2. The SMILES string of the molecule is C[C@@]1(C2CCCCC2NC=O)CC(C#N)N(C(=O)CC2CCCC2)C1. The van der Waals surface area contributed by atoms with E-state index in [9.17, 15) is 14.9 Å². The first-order valence-corrected chi connectivity index (χ1v) is 9.96. The molecule has 1 aliphatic heterocycles. The third-order valence-electron chi connectivity index (χ3n) is 6.92.